The molecule has 0 saturated heterocycles. The molecule has 3 rings (SSSR count). The quantitative estimate of drug-likeness (QED) is 0.669. The van der Waals surface area contributed by atoms with Gasteiger partial charge in [0.2, 0.25) is 5.95 Å². The number of aromatic nitrogens is 3. The van der Waals surface area contributed by atoms with E-state index < -0.39 is 5.82 Å². The highest BCUT2D eigenvalue weighted by Gasteiger charge is 2.07. The number of rotatable bonds is 6. The second kappa shape index (κ2) is 7.83. The fraction of sp³-hybridized carbons (Fsp3) is 0.118. The third kappa shape index (κ3) is 4.09. The molecule has 0 bridgehead atoms. The van der Waals surface area contributed by atoms with Crippen LogP contribution in [0.5, 0.6) is 11.5 Å². The maximum absolute atomic E-state index is 13.2. The van der Waals surface area contributed by atoms with E-state index in [0.29, 0.717) is 28.7 Å². The van der Waals surface area contributed by atoms with E-state index in [9.17, 15) is 4.39 Å². The number of benzene rings is 2. The number of ether oxygens (including phenoxy) is 2. The molecule has 3 aromatic rings. The van der Waals surface area contributed by atoms with E-state index in [2.05, 4.69) is 25.8 Å². The molecule has 2 N–H and O–H groups in total. The molecule has 0 amide bonds. The predicted molar refractivity (Wildman–Crippen MR) is 97.3 cm³/mol. The van der Waals surface area contributed by atoms with E-state index in [1.54, 1.807) is 38.5 Å². The number of methoxy groups -OCH3 is 2. The Morgan fingerprint density at radius 3 is 2.42 bits per heavy atom. The Hall–Kier alpha value is -3.13. The van der Waals surface area contributed by atoms with Gasteiger partial charge < -0.3 is 20.1 Å². The van der Waals surface area contributed by atoms with Crippen LogP contribution in [-0.2, 0) is 0 Å². The molecule has 0 aliphatic heterocycles. The van der Waals surface area contributed by atoms with Gasteiger partial charge in [-0.2, -0.15) is 10.1 Å². The molecule has 9 heteroatoms. The van der Waals surface area contributed by atoms with Crippen LogP contribution in [0.3, 0.4) is 0 Å². The van der Waals surface area contributed by atoms with Gasteiger partial charge in [0.15, 0.2) is 17.3 Å². The zero-order valence-electron chi connectivity index (χ0n) is 14.0. The Morgan fingerprint density at radius 1 is 0.962 bits per heavy atom. The van der Waals surface area contributed by atoms with Gasteiger partial charge in [-0.3, -0.25) is 0 Å². The Balaban J connectivity index is 1.78. The van der Waals surface area contributed by atoms with Crippen LogP contribution >= 0.6 is 11.6 Å². The zero-order chi connectivity index (χ0) is 18.5. The van der Waals surface area contributed by atoms with Crippen LogP contribution in [0.2, 0.25) is 5.02 Å². The molecular weight excluding hydrogens is 361 g/mol. The van der Waals surface area contributed by atoms with E-state index in [4.69, 9.17) is 21.1 Å². The first-order valence-corrected chi connectivity index (χ1v) is 7.87. The van der Waals surface area contributed by atoms with Gasteiger partial charge in [0.25, 0.3) is 0 Å². The molecule has 7 nitrogen and oxygen atoms in total. The molecule has 0 saturated carbocycles. The van der Waals surface area contributed by atoms with E-state index >= 15 is 0 Å². The van der Waals surface area contributed by atoms with Crippen molar-refractivity contribution in [3.8, 4) is 11.5 Å². The van der Waals surface area contributed by atoms with Gasteiger partial charge in [-0.25, -0.2) is 4.39 Å². The molecule has 2 aromatic carbocycles. The summed E-state index contributed by atoms with van der Waals surface area (Å²) in [5, 5.41) is 13.9. The first kappa shape index (κ1) is 17.7. The summed E-state index contributed by atoms with van der Waals surface area (Å²) in [6, 6.07) is 9.58. The first-order chi connectivity index (χ1) is 12.6. The molecule has 0 fully saturated rings. The zero-order valence-corrected chi connectivity index (χ0v) is 14.7. The van der Waals surface area contributed by atoms with Crippen molar-refractivity contribution < 1.29 is 13.9 Å². The van der Waals surface area contributed by atoms with Crippen molar-refractivity contribution in [3.63, 3.8) is 0 Å². The van der Waals surface area contributed by atoms with Crippen LogP contribution in [0.4, 0.5) is 27.5 Å². The number of nitrogens with one attached hydrogen (secondary N) is 2. The van der Waals surface area contributed by atoms with Crippen LogP contribution in [0.25, 0.3) is 0 Å². The lowest BCUT2D eigenvalue weighted by molar-refractivity contribution is 0.355. The Labute approximate surface area is 154 Å². The lowest BCUT2D eigenvalue weighted by Gasteiger charge is -2.11. The maximum atomic E-state index is 13.2. The molecule has 1 heterocycles. The van der Waals surface area contributed by atoms with Gasteiger partial charge in [-0.15, -0.1) is 5.10 Å². The molecule has 0 aliphatic rings. The molecule has 0 aliphatic carbocycles. The van der Waals surface area contributed by atoms with Crippen LogP contribution in [0, 0.1) is 5.82 Å². The molecule has 1 aromatic heterocycles. The lowest BCUT2D eigenvalue weighted by Crippen LogP contribution is -2.03. The van der Waals surface area contributed by atoms with Crippen LogP contribution in [0.1, 0.15) is 0 Å². The lowest BCUT2D eigenvalue weighted by atomic mass is 10.3. The summed E-state index contributed by atoms with van der Waals surface area (Å²) in [5.41, 5.74) is 1.28. The minimum absolute atomic E-state index is 0.0145. The number of anilines is 4. The van der Waals surface area contributed by atoms with Gasteiger partial charge in [0.05, 0.1) is 25.4 Å². The van der Waals surface area contributed by atoms with Crippen molar-refractivity contribution in [2.45, 2.75) is 0 Å². The van der Waals surface area contributed by atoms with Crippen molar-refractivity contribution >= 4 is 34.7 Å². The number of hydrogen-bond donors (Lipinski definition) is 2. The topological polar surface area (TPSA) is 81.2 Å². The van der Waals surface area contributed by atoms with Gasteiger partial charge in [-0.05, 0) is 30.3 Å². The monoisotopic (exact) mass is 375 g/mol. The van der Waals surface area contributed by atoms with Crippen molar-refractivity contribution in [2.75, 3.05) is 24.9 Å². The highest BCUT2D eigenvalue weighted by Crippen LogP contribution is 2.30. The normalized spacial score (nSPS) is 10.3. The number of nitrogens with zero attached hydrogens (tertiary/aromatic N) is 3. The summed E-state index contributed by atoms with van der Waals surface area (Å²) >= 11 is 5.77. The van der Waals surface area contributed by atoms with Gasteiger partial charge in [-0.1, -0.05) is 11.6 Å². The fourth-order valence-corrected chi connectivity index (χ4v) is 2.36. The SMILES string of the molecule is COc1ccc(Nc2nncc(Nc3ccc(F)c(Cl)c3)n2)cc1OC. The van der Waals surface area contributed by atoms with Crippen molar-refractivity contribution in [2.24, 2.45) is 0 Å². The van der Waals surface area contributed by atoms with E-state index in [-0.39, 0.29) is 11.0 Å². The summed E-state index contributed by atoms with van der Waals surface area (Å²) in [7, 11) is 3.12. The molecule has 134 valence electrons. The van der Waals surface area contributed by atoms with Crippen LogP contribution < -0.4 is 20.1 Å². The molecule has 0 unspecified atom stereocenters. The Kier molecular flexibility index (Phi) is 5.33. The highest BCUT2D eigenvalue weighted by atomic mass is 35.5. The highest BCUT2D eigenvalue weighted by molar-refractivity contribution is 6.31. The van der Waals surface area contributed by atoms with Crippen LogP contribution in [-0.4, -0.2) is 29.4 Å². The average Bonchev–Trinajstić information content (AvgIpc) is 2.65. The van der Waals surface area contributed by atoms with Crippen molar-refractivity contribution in [1.29, 1.82) is 0 Å². The van der Waals surface area contributed by atoms with Gasteiger partial charge >= 0.3 is 0 Å². The second-order valence-electron chi connectivity index (χ2n) is 5.11. The smallest absolute Gasteiger partial charge is 0.249 e. The Bertz CT molecular complexity index is 925. The second-order valence-corrected chi connectivity index (χ2v) is 5.52. The molecule has 26 heavy (non-hydrogen) atoms. The molecular formula is C17H15ClFN5O2. The van der Waals surface area contributed by atoms with Crippen molar-refractivity contribution in [3.05, 3.63) is 53.4 Å². The van der Waals surface area contributed by atoms with E-state index in [0.717, 1.165) is 0 Å². The fourth-order valence-electron chi connectivity index (χ4n) is 2.18. The van der Waals surface area contributed by atoms with Gasteiger partial charge in [0, 0.05) is 17.4 Å². The summed E-state index contributed by atoms with van der Waals surface area (Å²) in [6.07, 6.45) is 1.44. The summed E-state index contributed by atoms with van der Waals surface area (Å²) in [6.45, 7) is 0. The predicted octanol–water partition coefficient (Wildman–Crippen LogP) is 4.17. The largest absolute Gasteiger partial charge is 0.493 e. The van der Waals surface area contributed by atoms with E-state index in [1.165, 1.54) is 18.3 Å². The Morgan fingerprint density at radius 2 is 1.69 bits per heavy atom. The minimum Gasteiger partial charge on any atom is -0.493 e. The first-order valence-electron chi connectivity index (χ1n) is 7.50. The number of halogens is 2. The average molecular weight is 376 g/mol. The minimum atomic E-state index is -0.492. The van der Waals surface area contributed by atoms with Crippen LogP contribution in [0.15, 0.2) is 42.6 Å². The van der Waals surface area contributed by atoms with Crippen molar-refractivity contribution in [1.82, 2.24) is 15.2 Å². The van der Waals surface area contributed by atoms with Gasteiger partial charge in [0.1, 0.15) is 5.82 Å². The molecule has 0 radical (unpaired) electrons. The maximum Gasteiger partial charge on any atom is 0.249 e. The summed E-state index contributed by atoms with van der Waals surface area (Å²) in [5.74, 6) is 1.39. The summed E-state index contributed by atoms with van der Waals surface area (Å²) in [4.78, 5) is 4.31. The molecule has 0 atom stereocenters. The third-order valence-corrected chi connectivity index (χ3v) is 3.68. The third-order valence-electron chi connectivity index (χ3n) is 3.39. The van der Waals surface area contributed by atoms with E-state index in [1.807, 2.05) is 0 Å². The molecule has 0 spiro atoms. The number of hydrogen-bond acceptors (Lipinski definition) is 7. The standard InChI is InChI=1S/C17H15ClFN5O2/c1-25-14-6-4-11(8-15(14)26-2)22-17-23-16(9-20-24-17)21-10-3-5-13(19)12(18)7-10/h3-9H,1-2H3,(H2,21,22,23,24). The summed E-state index contributed by atoms with van der Waals surface area (Å²) < 4.78 is 23.7.